The summed E-state index contributed by atoms with van der Waals surface area (Å²) in [7, 11) is -7.77. The van der Waals surface area contributed by atoms with Crippen LogP contribution in [0.1, 0.15) is 44.9 Å². The van der Waals surface area contributed by atoms with Crippen molar-refractivity contribution < 1.29 is 60.6 Å². The van der Waals surface area contributed by atoms with Gasteiger partial charge in [-0.25, -0.2) is 21.6 Å². The number of methoxy groups -OCH3 is 1. The molecule has 0 saturated carbocycles. The van der Waals surface area contributed by atoms with Gasteiger partial charge in [-0.3, -0.25) is 32.6 Å². The molecule has 0 unspecified atom stereocenters. The van der Waals surface area contributed by atoms with Crippen molar-refractivity contribution in [3.05, 3.63) is 84.9 Å². The van der Waals surface area contributed by atoms with E-state index in [0.717, 1.165) is 18.6 Å². The number of hydrogen-bond acceptors (Lipinski definition) is 12. The van der Waals surface area contributed by atoms with Crippen LogP contribution in [0.5, 0.6) is 5.75 Å². The third-order valence-electron chi connectivity index (χ3n) is 11.0. The van der Waals surface area contributed by atoms with Gasteiger partial charge in [0.05, 0.1) is 40.4 Å². The Balaban J connectivity index is 1.01. The summed E-state index contributed by atoms with van der Waals surface area (Å²) in [6.45, 7) is -1.58. The van der Waals surface area contributed by atoms with Crippen LogP contribution in [0.2, 0.25) is 0 Å². The molecule has 0 aliphatic carbocycles. The molecule has 4 aromatic rings. The zero-order valence-electron chi connectivity index (χ0n) is 36.3. The van der Waals surface area contributed by atoms with E-state index in [2.05, 4.69) is 26.6 Å². The lowest BCUT2D eigenvalue weighted by molar-refractivity contribution is -0.136. The highest BCUT2D eigenvalue weighted by atomic mass is 32.2. The number of carbonyl (C=O) groups excluding carboxylic acids is 4. The van der Waals surface area contributed by atoms with Crippen LogP contribution in [0.15, 0.2) is 94.7 Å². The molecule has 5 amide bonds. The van der Waals surface area contributed by atoms with Crippen LogP contribution in [0.3, 0.4) is 0 Å². The summed E-state index contributed by atoms with van der Waals surface area (Å²) in [4.78, 5) is 72.5. The molecular formula is C44H51N7O13S3. The van der Waals surface area contributed by atoms with Gasteiger partial charge in [0.2, 0.25) is 17.7 Å². The number of sulfonamides is 2. The quantitative estimate of drug-likeness (QED) is 0.0391. The lowest BCUT2D eigenvalue weighted by Gasteiger charge is -2.28. The Morgan fingerprint density at radius 1 is 0.687 bits per heavy atom. The Bertz CT molecular complexity index is 2710. The number of carbonyl (C=O) groups is 6. The molecule has 7 N–H and O–H groups in total. The molecule has 2 heterocycles. The Morgan fingerprint density at radius 3 is 1.72 bits per heavy atom. The Labute approximate surface area is 391 Å². The van der Waals surface area contributed by atoms with E-state index >= 15 is 0 Å². The molecule has 2 aliphatic rings. The second-order valence-corrected chi connectivity index (χ2v) is 20.6. The number of nitrogens with one attached hydrogen (secondary N) is 5. The van der Waals surface area contributed by atoms with Gasteiger partial charge in [0.15, 0.2) is 0 Å². The van der Waals surface area contributed by atoms with Crippen molar-refractivity contribution in [3.63, 3.8) is 0 Å². The molecule has 0 spiro atoms. The first kappa shape index (κ1) is 49.8. The predicted molar refractivity (Wildman–Crippen MR) is 250 cm³/mol. The van der Waals surface area contributed by atoms with Crippen LogP contribution in [-0.4, -0.2) is 119 Å². The van der Waals surface area contributed by atoms with E-state index in [-0.39, 0.29) is 99.9 Å². The maximum atomic E-state index is 14.2. The molecule has 2 fully saturated rings. The number of carboxylic acid groups (broad SMARTS) is 2. The van der Waals surface area contributed by atoms with E-state index in [9.17, 15) is 55.8 Å². The number of rotatable bonds is 24. The molecule has 20 nitrogen and oxygen atoms in total. The van der Waals surface area contributed by atoms with Gasteiger partial charge < -0.3 is 41.5 Å². The maximum Gasteiger partial charge on any atom is 0.324 e. The fourth-order valence-electron chi connectivity index (χ4n) is 7.75. The van der Waals surface area contributed by atoms with Crippen molar-refractivity contribution in [2.45, 2.75) is 72.1 Å². The van der Waals surface area contributed by atoms with Gasteiger partial charge in [0.1, 0.15) is 18.8 Å². The first-order valence-corrected chi connectivity index (χ1v) is 25.2. The van der Waals surface area contributed by atoms with Crippen molar-refractivity contribution in [1.29, 1.82) is 0 Å². The molecular weight excluding hydrogens is 931 g/mol. The molecule has 0 radical (unpaired) electrons. The summed E-state index contributed by atoms with van der Waals surface area (Å²) in [5.74, 6) is -2.61. The van der Waals surface area contributed by atoms with Crippen LogP contribution in [0, 0.1) is 0 Å². The van der Waals surface area contributed by atoms with Crippen LogP contribution < -0.4 is 39.9 Å². The number of anilines is 3. The number of benzene rings is 4. The fourth-order valence-corrected chi connectivity index (χ4v) is 12.2. The molecule has 23 heteroatoms. The molecule has 2 aliphatic heterocycles. The lowest BCUT2D eigenvalue weighted by Crippen LogP contribution is -2.37. The number of urea groups is 1. The van der Waals surface area contributed by atoms with Crippen LogP contribution >= 0.6 is 11.8 Å². The monoisotopic (exact) mass is 981 g/mol. The van der Waals surface area contributed by atoms with Crippen molar-refractivity contribution >= 4 is 95.3 Å². The Hall–Kier alpha value is -6.59. The number of ether oxygens (including phenoxy) is 1. The first-order chi connectivity index (χ1) is 32.0. The van der Waals surface area contributed by atoms with Gasteiger partial charge in [-0.2, -0.15) is 11.8 Å². The van der Waals surface area contributed by atoms with Crippen LogP contribution in [0.25, 0.3) is 10.8 Å². The number of thioether (sulfide) groups is 1. The third-order valence-corrected chi connectivity index (χ3v) is 16.1. The van der Waals surface area contributed by atoms with Crippen LogP contribution in [0.4, 0.5) is 21.9 Å². The number of aliphatic carboxylic acids is 2. The van der Waals surface area contributed by atoms with Gasteiger partial charge in [0, 0.05) is 59.8 Å². The number of carboxylic acids is 2. The number of hydrogen-bond donors (Lipinski definition) is 7. The SMILES string of the molecule is COc1ccc(S(=O)(=O)N(CC(=O)O)c2ccc(N(CC(=O)O)S(=O)(=O)c3ccc(NC(=O)CCCC(=O)NCCNC(=O)CCCC[C@@H]4SC[C@@H]5NC(=O)N[C@@H]54)cc3)c3ccccc23)cc1. The lowest BCUT2D eigenvalue weighted by atomic mass is 10.0. The predicted octanol–water partition coefficient (Wildman–Crippen LogP) is 3.48. The van der Waals surface area contributed by atoms with Gasteiger partial charge in [0.25, 0.3) is 20.0 Å². The summed E-state index contributed by atoms with van der Waals surface area (Å²) in [5.41, 5.74) is -0.0156. The average Bonchev–Trinajstić information content (AvgIpc) is 3.86. The summed E-state index contributed by atoms with van der Waals surface area (Å²) in [6.07, 6.45) is 3.05. The van der Waals surface area contributed by atoms with Gasteiger partial charge in [-0.15, -0.1) is 0 Å². The highest BCUT2D eigenvalue weighted by molar-refractivity contribution is 8.00. The Kier molecular flexibility index (Phi) is 16.6. The molecule has 0 bridgehead atoms. The number of fused-ring (bicyclic) bond motifs is 2. The molecule has 2 saturated heterocycles. The normalized spacial score (nSPS) is 16.6. The summed E-state index contributed by atoms with van der Waals surface area (Å²) in [5, 5.41) is 34.2. The molecule has 6 rings (SSSR count). The van der Waals surface area contributed by atoms with Crippen molar-refractivity contribution in [2.75, 3.05) is 53.0 Å². The smallest absolute Gasteiger partial charge is 0.324 e. The summed E-state index contributed by atoms with van der Waals surface area (Å²) in [6, 6.07) is 18.8. The largest absolute Gasteiger partial charge is 0.497 e. The van der Waals surface area contributed by atoms with E-state index in [4.69, 9.17) is 4.74 Å². The van der Waals surface area contributed by atoms with E-state index in [1.165, 1.54) is 92.0 Å². The minimum atomic E-state index is -4.65. The minimum Gasteiger partial charge on any atom is -0.497 e. The van der Waals surface area contributed by atoms with E-state index < -0.39 is 51.0 Å². The van der Waals surface area contributed by atoms with Gasteiger partial charge >= 0.3 is 18.0 Å². The van der Waals surface area contributed by atoms with Crippen molar-refractivity contribution in [1.82, 2.24) is 21.3 Å². The Morgan fingerprint density at radius 2 is 1.19 bits per heavy atom. The third kappa shape index (κ3) is 12.7. The van der Waals surface area contributed by atoms with E-state index in [1.807, 2.05) is 11.8 Å². The summed E-state index contributed by atoms with van der Waals surface area (Å²) < 4.78 is 62.6. The average molecular weight is 982 g/mol. The van der Waals surface area contributed by atoms with Gasteiger partial charge in [-0.05, 0) is 79.9 Å². The minimum absolute atomic E-state index is 0.0331. The number of amides is 5. The standard InChI is InChI=1S/C44H51N7O13S3/c1-64-29-15-19-31(20-16-29)67(62,63)51(26-42(57)58)36-22-21-35(32-7-2-3-8-33(32)36)50(25-41(55)56)66(60,61)30-17-13-28(14-18-30)47-40(54)12-6-11-39(53)46-24-23-45-38(52)10-5-4-9-37-43-34(27-65-37)48-44(59)49-43/h2-3,7-8,13-22,34,37,43H,4-6,9-12,23-27H2,1H3,(H,45,52)(H,46,53)(H,47,54)(H,55,56)(H,57,58)(H2,48,49,59)/t34-,37-,43-/m0/s1. The molecule has 0 aromatic heterocycles. The van der Waals surface area contributed by atoms with Crippen molar-refractivity contribution in [2.24, 2.45) is 0 Å². The highest BCUT2D eigenvalue weighted by Crippen LogP contribution is 2.39. The van der Waals surface area contributed by atoms with Crippen LogP contribution in [-0.2, 0) is 44.0 Å². The van der Waals surface area contributed by atoms with Gasteiger partial charge in [-0.1, -0.05) is 30.7 Å². The number of unbranched alkanes of at least 4 members (excludes halogenated alkanes) is 1. The molecule has 358 valence electrons. The fraction of sp³-hybridized carbons (Fsp3) is 0.364. The zero-order valence-corrected chi connectivity index (χ0v) is 38.8. The van der Waals surface area contributed by atoms with E-state index in [0.29, 0.717) is 32.5 Å². The second kappa shape index (κ2) is 22.3. The molecule has 3 atom stereocenters. The number of nitrogens with zero attached hydrogens (tertiary/aromatic N) is 2. The van der Waals surface area contributed by atoms with E-state index in [1.54, 1.807) is 0 Å². The molecule has 67 heavy (non-hydrogen) atoms. The van der Waals surface area contributed by atoms with Crippen molar-refractivity contribution in [3.8, 4) is 5.75 Å². The second-order valence-electron chi connectivity index (χ2n) is 15.6. The first-order valence-electron chi connectivity index (χ1n) is 21.2. The highest BCUT2D eigenvalue weighted by Gasteiger charge is 2.42. The maximum absolute atomic E-state index is 14.2. The summed E-state index contributed by atoms with van der Waals surface area (Å²) >= 11 is 1.83. The zero-order chi connectivity index (χ0) is 48.3. The topological polar surface area (TPSA) is 287 Å². The molecule has 4 aromatic carbocycles.